The molecule has 0 aliphatic rings. The number of rotatable bonds is 14. The molecule has 0 saturated carbocycles. The Hall–Kier alpha value is -1.15. The molecular formula is C16H31NO6S. The van der Waals surface area contributed by atoms with Gasteiger partial charge in [-0.2, -0.15) is 8.42 Å². The van der Waals surface area contributed by atoms with Gasteiger partial charge in [0.05, 0.1) is 7.11 Å². The van der Waals surface area contributed by atoms with E-state index in [9.17, 15) is 18.0 Å². The SMILES string of the molecule is CCCCCCCCCCCC(=O)NC(CS(=O)(=O)O)C(=O)OC. The largest absolute Gasteiger partial charge is 0.467 e. The summed E-state index contributed by atoms with van der Waals surface area (Å²) < 4.78 is 35.0. The first-order valence-electron chi connectivity index (χ1n) is 8.62. The molecule has 0 radical (unpaired) electrons. The lowest BCUT2D eigenvalue weighted by molar-refractivity contribution is -0.144. The molecule has 24 heavy (non-hydrogen) atoms. The maximum atomic E-state index is 11.8. The fourth-order valence-corrected chi connectivity index (χ4v) is 3.02. The molecule has 1 amide bonds. The van der Waals surface area contributed by atoms with E-state index in [2.05, 4.69) is 17.0 Å². The predicted molar refractivity (Wildman–Crippen MR) is 92.2 cm³/mol. The molecular weight excluding hydrogens is 334 g/mol. The van der Waals surface area contributed by atoms with Gasteiger partial charge >= 0.3 is 5.97 Å². The van der Waals surface area contributed by atoms with Crippen LogP contribution < -0.4 is 5.32 Å². The summed E-state index contributed by atoms with van der Waals surface area (Å²) in [5.74, 6) is -2.20. The average molecular weight is 365 g/mol. The first-order chi connectivity index (χ1) is 11.3. The second-order valence-electron chi connectivity index (χ2n) is 5.97. The highest BCUT2D eigenvalue weighted by Crippen LogP contribution is 2.10. The summed E-state index contributed by atoms with van der Waals surface area (Å²) in [6, 6.07) is -1.38. The van der Waals surface area contributed by atoms with Crippen molar-refractivity contribution in [2.24, 2.45) is 0 Å². The Labute approximate surface area is 145 Å². The van der Waals surface area contributed by atoms with Crippen molar-refractivity contribution in [3.8, 4) is 0 Å². The average Bonchev–Trinajstić information content (AvgIpc) is 2.50. The highest BCUT2D eigenvalue weighted by Gasteiger charge is 2.26. The molecule has 0 rings (SSSR count). The van der Waals surface area contributed by atoms with Gasteiger partial charge in [-0.1, -0.05) is 58.3 Å². The fraction of sp³-hybridized carbons (Fsp3) is 0.875. The van der Waals surface area contributed by atoms with Gasteiger partial charge in [0.2, 0.25) is 5.91 Å². The lowest BCUT2D eigenvalue weighted by Crippen LogP contribution is -2.45. The topological polar surface area (TPSA) is 110 Å². The highest BCUT2D eigenvalue weighted by molar-refractivity contribution is 7.85. The zero-order chi connectivity index (χ0) is 18.4. The Bertz CT molecular complexity index is 463. The van der Waals surface area contributed by atoms with E-state index in [1.54, 1.807) is 0 Å². The van der Waals surface area contributed by atoms with Crippen LogP contribution in [-0.2, 0) is 24.4 Å². The number of unbranched alkanes of at least 4 members (excludes halogenated alkanes) is 8. The Morgan fingerprint density at radius 1 is 1.00 bits per heavy atom. The molecule has 0 aliphatic carbocycles. The van der Waals surface area contributed by atoms with E-state index in [0.29, 0.717) is 6.42 Å². The monoisotopic (exact) mass is 365 g/mol. The van der Waals surface area contributed by atoms with Crippen LogP contribution in [0.4, 0.5) is 0 Å². The number of methoxy groups -OCH3 is 1. The third-order valence-corrected chi connectivity index (χ3v) is 4.46. The van der Waals surface area contributed by atoms with Crippen LogP contribution in [-0.4, -0.2) is 43.8 Å². The van der Waals surface area contributed by atoms with Gasteiger partial charge in [0.1, 0.15) is 11.8 Å². The molecule has 142 valence electrons. The summed E-state index contributed by atoms with van der Waals surface area (Å²) in [6.45, 7) is 2.19. The predicted octanol–water partition coefficient (Wildman–Crippen LogP) is 2.45. The van der Waals surface area contributed by atoms with Crippen LogP contribution in [0.15, 0.2) is 0 Å². The van der Waals surface area contributed by atoms with Crippen LogP contribution in [0.5, 0.6) is 0 Å². The van der Waals surface area contributed by atoms with Gasteiger partial charge < -0.3 is 10.1 Å². The van der Waals surface area contributed by atoms with Crippen LogP contribution in [0.2, 0.25) is 0 Å². The van der Waals surface area contributed by atoms with Gasteiger partial charge in [0.25, 0.3) is 10.1 Å². The quantitative estimate of drug-likeness (QED) is 0.278. The van der Waals surface area contributed by atoms with Crippen molar-refractivity contribution >= 4 is 22.0 Å². The first kappa shape index (κ1) is 22.9. The van der Waals surface area contributed by atoms with Crippen LogP contribution in [0.3, 0.4) is 0 Å². The van der Waals surface area contributed by atoms with Crippen LogP contribution in [0.1, 0.15) is 71.1 Å². The molecule has 0 aromatic carbocycles. The van der Waals surface area contributed by atoms with E-state index >= 15 is 0 Å². The summed E-state index contributed by atoms with van der Waals surface area (Å²) in [4.78, 5) is 23.2. The summed E-state index contributed by atoms with van der Waals surface area (Å²) in [5, 5.41) is 2.30. The minimum Gasteiger partial charge on any atom is -0.467 e. The molecule has 0 aromatic rings. The Balaban J connectivity index is 3.91. The first-order valence-corrected chi connectivity index (χ1v) is 10.2. The minimum atomic E-state index is -4.38. The summed E-state index contributed by atoms with van der Waals surface area (Å²) in [7, 11) is -3.29. The smallest absolute Gasteiger partial charge is 0.329 e. The molecule has 2 N–H and O–H groups in total. The molecule has 0 spiro atoms. The molecule has 0 aliphatic heterocycles. The maximum Gasteiger partial charge on any atom is 0.329 e. The Morgan fingerprint density at radius 2 is 1.50 bits per heavy atom. The van der Waals surface area contributed by atoms with Crippen molar-refractivity contribution in [2.75, 3.05) is 12.9 Å². The van der Waals surface area contributed by atoms with Crippen molar-refractivity contribution < 1.29 is 27.3 Å². The molecule has 0 aromatic heterocycles. The summed E-state index contributed by atoms with van der Waals surface area (Å²) >= 11 is 0. The molecule has 0 bridgehead atoms. The number of ether oxygens (including phenoxy) is 1. The molecule has 0 saturated heterocycles. The van der Waals surface area contributed by atoms with Crippen molar-refractivity contribution in [3.63, 3.8) is 0 Å². The van der Waals surface area contributed by atoms with E-state index in [4.69, 9.17) is 4.55 Å². The third kappa shape index (κ3) is 13.3. The molecule has 7 nitrogen and oxygen atoms in total. The van der Waals surface area contributed by atoms with E-state index in [-0.39, 0.29) is 6.42 Å². The van der Waals surface area contributed by atoms with E-state index in [1.165, 1.54) is 32.1 Å². The number of carbonyl (C=O) groups is 2. The third-order valence-electron chi connectivity index (χ3n) is 3.71. The standard InChI is InChI=1S/C16H31NO6S/c1-3-4-5-6-7-8-9-10-11-12-15(18)17-14(16(19)23-2)13-24(20,21)22/h14H,3-13H2,1-2H3,(H,17,18)(H,20,21,22). The minimum absolute atomic E-state index is 0.217. The van der Waals surface area contributed by atoms with Gasteiger partial charge in [-0.3, -0.25) is 9.35 Å². The molecule has 1 atom stereocenters. The summed E-state index contributed by atoms with van der Waals surface area (Å²) in [5.41, 5.74) is 0. The number of carbonyl (C=O) groups excluding carboxylic acids is 2. The summed E-state index contributed by atoms with van der Waals surface area (Å²) in [6.07, 6.45) is 10.3. The van der Waals surface area contributed by atoms with Gasteiger partial charge in [0.15, 0.2) is 0 Å². The highest BCUT2D eigenvalue weighted by atomic mass is 32.2. The van der Waals surface area contributed by atoms with E-state index in [0.717, 1.165) is 26.4 Å². The second-order valence-corrected chi connectivity index (χ2v) is 7.47. The van der Waals surface area contributed by atoms with Crippen molar-refractivity contribution in [3.05, 3.63) is 0 Å². The molecule has 8 heteroatoms. The lowest BCUT2D eigenvalue weighted by Gasteiger charge is -2.14. The van der Waals surface area contributed by atoms with Gasteiger partial charge in [-0.25, -0.2) is 4.79 Å². The number of hydrogen-bond acceptors (Lipinski definition) is 5. The maximum absolute atomic E-state index is 11.8. The lowest BCUT2D eigenvalue weighted by atomic mass is 10.1. The normalized spacial score (nSPS) is 12.6. The van der Waals surface area contributed by atoms with Gasteiger partial charge in [-0.05, 0) is 6.42 Å². The number of nitrogens with one attached hydrogen (secondary N) is 1. The zero-order valence-corrected chi connectivity index (χ0v) is 15.6. The number of esters is 1. The van der Waals surface area contributed by atoms with Crippen molar-refractivity contribution in [2.45, 2.75) is 77.2 Å². The van der Waals surface area contributed by atoms with E-state index in [1.807, 2.05) is 0 Å². The Morgan fingerprint density at radius 3 is 1.96 bits per heavy atom. The second kappa shape index (κ2) is 13.2. The van der Waals surface area contributed by atoms with Gasteiger partial charge in [-0.15, -0.1) is 0 Å². The molecule has 1 unspecified atom stereocenters. The number of amides is 1. The van der Waals surface area contributed by atoms with Crippen LogP contribution in [0, 0.1) is 0 Å². The van der Waals surface area contributed by atoms with E-state index < -0.39 is 33.8 Å². The van der Waals surface area contributed by atoms with Crippen LogP contribution >= 0.6 is 0 Å². The Kier molecular flexibility index (Phi) is 12.5. The zero-order valence-electron chi connectivity index (χ0n) is 14.8. The number of hydrogen-bond donors (Lipinski definition) is 2. The molecule has 0 heterocycles. The van der Waals surface area contributed by atoms with Crippen molar-refractivity contribution in [1.82, 2.24) is 5.32 Å². The van der Waals surface area contributed by atoms with Crippen molar-refractivity contribution in [1.29, 1.82) is 0 Å². The van der Waals surface area contributed by atoms with Crippen LogP contribution in [0.25, 0.3) is 0 Å². The fourth-order valence-electron chi connectivity index (χ4n) is 2.38. The molecule has 0 fully saturated rings. The van der Waals surface area contributed by atoms with Gasteiger partial charge in [0, 0.05) is 6.42 Å².